The summed E-state index contributed by atoms with van der Waals surface area (Å²) in [5.74, 6) is -0.968. The predicted octanol–water partition coefficient (Wildman–Crippen LogP) is 5.34. The van der Waals surface area contributed by atoms with Gasteiger partial charge >= 0.3 is 5.97 Å². The number of nitrogens with zero attached hydrogens (tertiary/aromatic N) is 1. The first-order chi connectivity index (χ1) is 13.5. The predicted molar refractivity (Wildman–Crippen MR) is 114 cm³/mol. The highest BCUT2D eigenvalue weighted by Crippen LogP contribution is 2.35. The van der Waals surface area contributed by atoms with Crippen molar-refractivity contribution in [3.05, 3.63) is 82.9 Å². The number of hydrogen-bond acceptors (Lipinski definition) is 2. The molecule has 0 aliphatic carbocycles. The summed E-state index contributed by atoms with van der Waals surface area (Å²) in [7, 11) is 0. The largest absolute Gasteiger partial charge is 0.481 e. The second-order valence-corrected chi connectivity index (χ2v) is 8.04. The van der Waals surface area contributed by atoms with E-state index >= 15 is 0 Å². The van der Waals surface area contributed by atoms with E-state index in [-0.39, 0.29) is 12.0 Å². The zero-order valence-electron chi connectivity index (χ0n) is 16.6. The fourth-order valence-corrected chi connectivity index (χ4v) is 4.54. The summed E-state index contributed by atoms with van der Waals surface area (Å²) in [6, 6.07) is 21.7. The van der Waals surface area contributed by atoms with E-state index in [0.717, 1.165) is 19.4 Å². The number of piperidine rings is 1. The summed E-state index contributed by atoms with van der Waals surface area (Å²) < 4.78 is 0. The second-order valence-electron chi connectivity index (χ2n) is 8.04. The number of carboxylic acids is 1. The number of carbonyl (C=O) groups is 1. The van der Waals surface area contributed by atoms with Crippen molar-refractivity contribution in [3.8, 4) is 0 Å². The van der Waals surface area contributed by atoms with Gasteiger partial charge in [0.05, 0.1) is 12.0 Å². The van der Waals surface area contributed by atoms with Gasteiger partial charge in [-0.3, -0.25) is 9.69 Å². The van der Waals surface area contributed by atoms with Crippen molar-refractivity contribution in [1.82, 2.24) is 4.90 Å². The van der Waals surface area contributed by atoms with Crippen LogP contribution >= 0.6 is 0 Å². The van der Waals surface area contributed by atoms with Gasteiger partial charge in [-0.05, 0) is 66.8 Å². The third-order valence-electron chi connectivity index (χ3n) is 5.98. The molecule has 3 heteroatoms. The number of aliphatic carboxylic acids is 1. The molecule has 2 atom stereocenters. The first-order valence-corrected chi connectivity index (χ1v) is 10.1. The first kappa shape index (κ1) is 18.7. The monoisotopic (exact) mass is 373 g/mol. The Bertz CT molecular complexity index is 1010. The highest BCUT2D eigenvalue weighted by Gasteiger charge is 2.32. The summed E-state index contributed by atoms with van der Waals surface area (Å²) >= 11 is 0. The van der Waals surface area contributed by atoms with Crippen LogP contribution in [0.25, 0.3) is 10.8 Å². The SMILES string of the molecule is Cc1ccc(C(c2ccc3ccccc3c2)N2CCCC(C(=O)O)C2)c(C)c1. The van der Waals surface area contributed by atoms with Gasteiger partial charge in [-0.15, -0.1) is 0 Å². The lowest BCUT2D eigenvalue weighted by atomic mass is 9.88. The smallest absolute Gasteiger partial charge is 0.307 e. The highest BCUT2D eigenvalue weighted by atomic mass is 16.4. The number of carboxylic acid groups (broad SMARTS) is 1. The van der Waals surface area contributed by atoms with Crippen molar-refractivity contribution < 1.29 is 9.90 Å². The number of hydrogen-bond donors (Lipinski definition) is 1. The molecule has 0 bridgehead atoms. The molecule has 0 saturated carbocycles. The Labute approximate surface area is 166 Å². The van der Waals surface area contributed by atoms with E-state index in [0.29, 0.717) is 6.54 Å². The van der Waals surface area contributed by atoms with Crippen LogP contribution in [-0.4, -0.2) is 29.1 Å². The van der Waals surface area contributed by atoms with Crippen LogP contribution in [0.1, 0.15) is 41.1 Å². The van der Waals surface area contributed by atoms with Gasteiger partial charge in [0.2, 0.25) is 0 Å². The molecule has 0 radical (unpaired) electrons. The van der Waals surface area contributed by atoms with Crippen LogP contribution in [-0.2, 0) is 4.79 Å². The first-order valence-electron chi connectivity index (χ1n) is 10.1. The molecule has 0 spiro atoms. The van der Waals surface area contributed by atoms with E-state index in [4.69, 9.17) is 0 Å². The lowest BCUT2D eigenvalue weighted by Gasteiger charge is -2.38. The molecular formula is C25H27NO2. The minimum absolute atomic E-state index is 0.0763. The lowest BCUT2D eigenvalue weighted by Crippen LogP contribution is -2.41. The Morgan fingerprint density at radius 1 is 1.04 bits per heavy atom. The van der Waals surface area contributed by atoms with Gasteiger partial charge in [0.25, 0.3) is 0 Å². The lowest BCUT2D eigenvalue weighted by molar-refractivity contribution is -0.143. The molecular weight excluding hydrogens is 346 g/mol. The van der Waals surface area contributed by atoms with E-state index in [1.165, 1.54) is 33.0 Å². The van der Waals surface area contributed by atoms with Gasteiger partial charge in [0.15, 0.2) is 0 Å². The molecule has 1 fully saturated rings. The van der Waals surface area contributed by atoms with Crippen LogP contribution in [0.5, 0.6) is 0 Å². The minimum atomic E-state index is -0.678. The number of rotatable bonds is 4. The molecule has 4 rings (SSSR count). The van der Waals surface area contributed by atoms with Gasteiger partial charge in [0, 0.05) is 6.54 Å². The fourth-order valence-electron chi connectivity index (χ4n) is 4.54. The summed E-state index contributed by atoms with van der Waals surface area (Å²) in [4.78, 5) is 14.0. The number of likely N-dealkylation sites (tertiary alicyclic amines) is 1. The maximum Gasteiger partial charge on any atom is 0.307 e. The zero-order chi connectivity index (χ0) is 19.7. The molecule has 3 aromatic rings. The quantitative estimate of drug-likeness (QED) is 0.671. The third kappa shape index (κ3) is 3.67. The minimum Gasteiger partial charge on any atom is -0.481 e. The normalized spacial score (nSPS) is 18.9. The Balaban J connectivity index is 1.81. The zero-order valence-corrected chi connectivity index (χ0v) is 16.6. The molecule has 1 saturated heterocycles. The second kappa shape index (κ2) is 7.76. The van der Waals surface area contributed by atoms with E-state index in [1.807, 2.05) is 0 Å². The molecule has 3 aromatic carbocycles. The van der Waals surface area contributed by atoms with Gasteiger partial charge in [-0.25, -0.2) is 0 Å². The summed E-state index contributed by atoms with van der Waals surface area (Å²) in [6.07, 6.45) is 1.69. The standard InChI is InChI=1S/C25H27NO2/c1-17-9-12-23(18(2)14-17)24(26-13-5-8-22(16-26)25(27)28)21-11-10-19-6-3-4-7-20(19)15-21/h3-4,6-7,9-12,14-15,22,24H,5,8,13,16H2,1-2H3,(H,27,28). The van der Waals surface area contributed by atoms with Crippen LogP contribution < -0.4 is 0 Å². The van der Waals surface area contributed by atoms with E-state index < -0.39 is 5.97 Å². The van der Waals surface area contributed by atoms with Gasteiger partial charge in [-0.1, -0.05) is 60.2 Å². The van der Waals surface area contributed by atoms with Gasteiger partial charge < -0.3 is 5.11 Å². The number of fused-ring (bicyclic) bond motifs is 1. The molecule has 1 heterocycles. The Morgan fingerprint density at radius 3 is 2.57 bits per heavy atom. The van der Waals surface area contributed by atoms with Crippen LogP contribution in [0, 0.1) is 19.8 Å². The molecule has 144 valence electrons. The third-order valence-corrected chi connectivity index (χ3v) is 5.98. The maximum atomic E-state index is 11.7. The van der Waals surface area contributed by atoms with Crippen LogP contribution in [0.15, 0.2) is 60.7 Å². The van der Waals surface area contributed by atoms with E-state index in [9.17, 15) is 9.90 Å². The molecule has 0 aromatic heterocycles. The van der Waals surface area contributed by atoms with Crippen molar-refractivity contribution in [2.24, 2.45) is 5.92 Å². The Kier molecular flexibility index (Phi) is 5.19. The average Bonchev–Trinajstić information content (AvgIpc) is 2.70. The van der Waals surface area contributed by atoms with Gasteiger partial charge in [-0.2, -0.15) is 0 Å². The molecule has 0 amide bonds. The van der Waals surface area contributed by atoms with Gasteiger partial charge in [0.1, 0.15) is 0 Å². The number of benzene rings is 3. The van der Waals surface area contributed by atoms with Crippen molar-refractivity contribution in [3.63, 3.8) is 0 Å². The van der Waals surface area contributed by atoms with Crippen molar-refractivity contribution >= 4 is 16.7 Å². The van der Waals surface area contributed by atoms with Crippen molar-refractivity contribution in [1.29, 1.82) is 0 Å². The maximum absolute atomic E-state index is 11.7. The van der Waals surface area contributed by atoms with Crippen molar-refractivity contribution in [2.45, 2.75) is 32.7 Å². The summed E-state index contributed by atoms with van der Waals surface area (Å²) in [6.45, 7) is 5.80. The van der Waals surface area contributed by atoms with Crippen LogP contribution in [0.2, 0.25) is 0 Å². The fraction of sp³-hybridized carbons (Fsp3) is 0.320. The number of aryl methyl sites for hydroxylation is 2. The Hall–Kier alpha value is -2.65. The van der Waals surface area contributed by atoms with E-state index in [2.05, 4.69) is 79.4 Å². The molecule has 1 N–H and O–H groups in total. The van der Waals surface area contributed by atoms with Crippen molar-refractivity contribution in [2.75, 3.05) is 13.1 Å². The topological polar surface area (TPSA) is 40.5 Å². The van der Waals surface area contributed by atoms with E-state index in [1.54, 1.807) is 0 Å². The highest BCUT2D eigenvalue weighted by molar-refractivity contribution is 5.83. The molecule has 28 heavy (non-hydrogen) atoms. The average molecular weight is 373 g/mol. The van der Waals surface area contributed by atoms with Crippen LogP contribution in [0.3, 0.4) is 0 Å². The molecule has 2 unspecified atom stereocenters. The summed E-state index contributed by atoms with van der Waals surface area (Å²) in [5, 5.41) is 12.0. The van der Waals surface area contributed by atoms with Crippen LogP contribution in [0.4, 0.5) is 0 Å². The molecule has 3 nitrogen and oxygen atoms in total. The summed E-state index contributed by atoms with van der Waals surface area (Å²) in [5.41, 5.74) is 5.01. The molecule has 1 aliphatic rings. The Morgan fingerprint density at radius 2 is 1.82 bits per heavy atom. The molecule has 1 aliphatic heterocycles.